The fourth-order valence-electron chi connectivity index (χ4n) is 1.94. The first kappa shape index (κ1) is 15.1. The Morgan fingerprint density at radius 3 is 2.60 bits per heavy atom. The van der Waals surface area contributed by atoms with E-state index in [9.17, 15) is 4.79 Å². The number of likely N-dealkylation sites (N-methyl/N-ethyl adjacent to an activating group) is 1. The Bertz CT molecular complexity index is 622. The average Bonchev–Trinajstić information content (AvgIpc) is 2.74. The summed E-state index contributed by atoms with van der Waals surface area (Å²) in [6.45, 7) is 2.73. The molecule has 106 valence electrons. The van der Waals surface area contributed by atoms with Crippen molar-refractivity contribution in [3.05, 3.63) is 57.5 Å². The van der Waals surface area contributed by atoms with Crippen LogP contribution in [0.2, 0.25) is 10.0 Å². The smallest absolute Gasteiger partial charge is 0.178 e. The van der Waals surface area contributed by atoms with Gasteiger partial charge in [0.05, 0.1) is 18.1 Å². The average molecular weight is 312 g/mol. The standard InChI is InChI=1S/C15H15Cl2NO2/c1-10-3-5-12(20-10)8-18(2)9-15(19)13-6-4-11(16)7-14(13)17/h3-7H,8-9H2,1-2H3. The largest absolute Gasteiger partial charge is 0.465 e. The number of carbonyl (C=O) groups is 1. The molecule has 0 saturated carbocycles. The Kier molecular flexibility index (Phi) is 4.86. The molecule has 3 nitrogen and oxygen atoms in total. The molecule has 1 aromatic heterocycles. The minimum absolute atomic E-state index is 0.0440. The Morgan fingerprint density at radius 1 is 1.25 bits per heavy atom. The highest BCUT2D eigenvalue weighted by Gasteiger charge is 2.14. The molecule has 5 heteroatoms. The molecule has 0 N–H and O–H groups in total. The van der Waals surface area contributed by atoms with Gasteiger partial charge >= 0.3 is 0 Å². The first-order valence-corrected chi connectivity index (χ1v) is 6.93. The van der Waals surface area contributed by atoms with E-state index in [2.05, 4.69) is 0 Å². The summed E-state index contributed by atoms with van der Waals surface area (Å²) in [6.07, 6.45) is 0. The molecular formula is C15H15Cl2NO2. The Labute approximate surface area is 128 Å². The maximum absolute atomic E-state index is 12.2. The summed E-state index contributed by atoms with van der Waals surface area (Å²) < 4.78 is 5.48. The maximum Gasteiger partial charge on any atom is 0.178 e. The van der Waals surface area contributed by atoms with Crippen LogP contribution in [0.1, 0.15) is 21.9 Å². The van der Waals surface area contributed by atoms with Gasteiger partial charge in [0.25, 0.3) is 0 Å². The predicted octanol–water partition coefficient (Wildman–Crippen LogP) is 4.21. The van der Waals surface area contributed by atoms with Gasteiger partial charge in [-0.1, -0.05) is 23.2 Å². The van der Waals surface area contributed by atoms with Gasteiger partial charge in [-0.2, -0.15) is 0 Å². The molecule has 2 rings (SSSR count). The summed E-state index contributed by atoms with van der Waals surface area (Å²) in [5.74, 6) is 1.65. The molecule has 0 aliphatic rings. The highest BCUT2D eigenvalue weighted by Crippen LogP contribution is 2.21. The van der Waals surface area contributed by atoms with Gasteiger partial charge in [-0.3, -0.25) is 9.69 Å². The van der Waals surface area contributed by atoms with Crippen molar-refractivity contribution < 1.29 is 9.21 Å². The predicted molar refractivity (Wildman–Crippen MR) is 80.6 cm³/mol. The molecule has 1 heterocycles. The van der Waals surface area contributed by atoms with E-state index < -0.39 is 0 Å². The summed E-state index contributed by atoms with van der Waals surface area (Å²) >= 11 is 11.8. The van der Waals surface area contributed by atoms with Crippen molar-refractivity contribution >= 4 is 29.0 Å². The van der Waals surface area contributed by atoms with Crippen molar-refractivity contribution in [2.24, 2.45) is 0 Å². The number of ketones is 1. The Balaban J connectivity index is 2.00. The third kappa shape index (κ3) is 3.85. The lowest BCUT2D eigenvalue weighted by molar-refractivity contribution is 0.0939. The molecular weight excluding hydrogens is 297 g/mol. The second-order valence-electron chi connectivity index (χ2n) is 4.73. The summed E-state index contributed by atoms with van der Waals surface area (Å²) in [6, 6.07) is 8.70. The number of rotatable bonds is 5. The van der Waals surface area contributed by atoms with Crippen molar-refractivity contribution in [2.75, 3.05) is 13.6 Å². The number of nitrogens with zero attached hydrogens (tertiary/aromatic N) is 1. The van der Waals surface area contributed by atoms with Gasteiger partial charge in [0, 0.05) is 10.6 Å². The third-order valence-corrected chi connectivity index (χ3v) is 3.41. The van der Waals surface area contributed by atoms with Crippen LogP contribution in [0.4, 0.5) is 0 Å². The molecule has 0 saturated heterocycles. The Morgan fingerprint density at radius 2 is 2.00 bits per heavy atom. The van der Waals surface area contributed by atoms with Crippen molar-refractivity contribution in [3.63, 3.8) is 0 Å². The zero-order chi connectivity index (χ0) is 14.7. The van der Waals surface area contributed by atoms with Crippen molar-refractivity contribution in [3.8, 4) is 0 Å². The van der Waals surface area contributed by atoms with Crippen molar-refractivity contribution in [1.29, 1.82) is 0 Å². The van der Waals surface area contributed by atoms with E-state index in [1.807, 2.05) is 31.0 Å². The molecule has 0 atom stereocenters. The topological polar surface area (TPSA) is 33.5 Å². The first-order valence-electron chi connectivity index (χ1n) is 6.18. The molecule has 1 aromatic carbocycles. The molecule has 0 unspecified atom stereocenters. The lowest BCUT2D eigenvalue weighted by Gasteiger charge is -2.14. The van der Waals surface area contributed by atoms with Crippen LogP contribution < -0.4 is 0 Å². The number of aryl methyl sites for hydroxylation is 1. The van der Waals surface area contributed by atoms with Gasteiger partial charge in [0.1, 0.15) is 11.5 Å². The SMILES string of the molecule is Cc1ccc(CN(C)CC(=O)c2ccc(Cl)cc2Cl)o1. The first-order chi connectivity index (χ1) is 9.45. The van der Waals surface area contributed by atoms with Crippen LogP contribution in [0.5, 0.6) is 0 Å². The number of hydrogen-bond acceptors (Lipinski definition) is 3. The summed E-state index contributed by atoms with van der Waals surface area (Å²) in [7, 11) is 1.86. The monoisotopic (exact) mass is 311 g/mol. The van der Waals surface area contributed by atoms with Crippen LogP contribution in [0.15, 0.2) is 34.7 Å². The highest BCUT2D eigenvalue weighted by molar-refractivity contribution is 6.36. The van der Waals surface area contributed by atoms with Crippen LogP contribution in [-0.4, -0.2) is 24.3 Å². The summed E-state index contributed by atoms with van der Waals surface area (Å²) in [4.78, 5) is 14.1. The zero-order valence-electron chi connectivity index (χ0n) is 11.3. The van der Waals surface area contributed by atoms with Gasteiger partial charge < -0.3 is 4.42 Å². The number of hydrogen-bond donors (Lipinski definition) is 0. The molecule has 2 aromatic rings. The minimum atomic E-state index is -0.0440. The zero-order valence-corrected chi connectivity index (χ0v) is 12.8. The molecule has 0 spiro atoms. The molecule has 0 aliphatic heterocycles. The van der Waals surface area contributed by atoms with Crippen LogP contribution in [0.3, 0.4) is 0 Å². The molecule has 20 heavy (non-hydrogen) atoms. The maximum atomic E-state index is 12.2. The lowest BCUT2D eigenvalue weighted by Crippen LogP contribution is -2.25. The number of furan rings is 1. The van der Waals surface area contributed by atoms with E-state index in [0.29, 0.717) is 22.2 Å². The second kappa shape index (κ2) is 6.44. The van der Waals surface area contributed by atoms with E-state index in [-0.39, 0.29) is 12.3 Å². The molecule has 0 aliphatic carbocycles. The van der Waals surface area contributed by atoms with E-state index in [1.165, 1.54) is 0 Å². The number of carbonyl (C=O) groups excluding carboxylic acids is 1. The normalized spacial score (nSPS) is 11.1. The number of benzene rings is 1. The van der Waals surface area contributed by atoms with E-state index in [4.69, 9.17) is 27.6 Å². The van der Waals surface area contributed by atoms with E-state index >= 15 is 0 Å². The highest BCUT2D eigenvalue weighted by atomic mass is 35.5. The fraction of sp³-hybridized carbons (Fsp3) is 0.267. The van der Waals surface area contributed by atoms with E-state index in [0.717, 1.165) is 11.5 Å². The Hall–Kier alpha value is -1.29. The van der Waals surface area contributed by atoms with Gasteiger partial charge in [0.2, 0.25) is 0 Å². The number of halogens is 2. The number of Topliss-reactive ketones (excluding diaryl/α,β-unsaturated/α-hetero) is 1. The van der Waals surface area contributed by atoms with Crippen LogP contribution in [0.25, 0.3) is 0 Å². The van der Waals surface area contributed by atoms with Gasteiger partial charge in [0.15, 0.2) is 5.78 Å². The molecule has 0 bridgehead atoms. The molecule has 0 radical (unpaired) electrons. The van der Waals surface area contributed by atoms with Crippen LogP contribution in [-0.2, 0) is 6.54 Å². The second-order valence-corrected chi connectivity index (χ2v) is 5.58. The molecule has 0 amide bonds. The van der Waals surface area contributed by atoms with E-state index in [1.54, 1.807) is 18.2 Å². The summed E-state index contributed by atoms with van der Waals surface area (Å²) in [5.41, 5.74) is 0.485. The summed E-state index contributed by atoms with van der Waals surface area (Å²) in [5, 5.41) is 0.899. The quantitative estimate of drug-likeness (QED) is 0.776. The van der Waals surface area contributed by atoms with Gasteiger partial charge in [-0.25, -0.2) is 0 Å². The third-order valence-electron chi connectivity index (χ3n) is 2.87. The lowest BCUT2D eigenvalue weighted by atomic mass is 10.1. The van der Waals surface area contributed by atoms with Crippen LogP contribution >= 0.6 is 23.2 Å². The minimum Gasteiger partial charge on any atom is -0.465 e. The van der Waals surface area contributed by atoms with Gasteiger partial charge in [-0.05, 0) is 44.3 Å². The van der Waals surface area contributed by atoms with Crippen molar-refractivity contribution in [2.45, 2.75) is 13.5 Å². The fourth-order valence-corrected chi connectivity index (χ4v) is 2.45. The van der Waals surface area contributed by atoms with Crippen LogP contribution in [0, 0.1) is 6.92 Å². The van der Waals surface area contributed by atoms with Crippen molar-refractivity contribution in [1.82, 2.24) is 4.90 Å². The molecule has 0 fully saturated rings. The van der Waals surface area contributed by atoms with Gasteiger partial charge in [-0.15, -0.1) is 0 Å².